The summed E-state index contributed by atoms with van der Waals surface area (Å²) in [6, 6.07) is 15.6. The Kier molecular flexibility index (Phi) is 32.8. The zero-order valence-electron chi connectivity index (χ0n) is 36.9. The Balaban J connectivity index is 1.04. The topological polar surface area (TPSA) is 212 Å². The number of hydrogen-bond acceptors (Lipinski definition) is 17. The van der Waals surface area contributed by atoms with Crippen molar-refractivity contribution in [3.05, 3.63) is 59.7 Å². The van der Waals surface area contributed by atoms with Gasteiger partial charge >= 0.3 is 6.09 Å². The van der Waals surface area contributed by atoms with E-state index in [-0.39, 0.29) is 37.9 Å². The summed E-state index contributed by atoms with van der Waals surface area (Å²) in [5, 5.41) is 11.0. The highest BCUT2D eigenvalue weighted by Crippen LogP contribution is 2.44. The lowest BCUT2D eigenvalue weighted by molar-refractivity contribution is -0.249. The lowest BCUT2D eigenvalue weighted by Gasteiger charge is -2.19. The average molecular weight is 897 g/mol. The SMILES string of the molecule is NCCCC[C@H](NC(=O)OCC1c2ccccc2-c2ccccc21)C(=O)CCOCCOCCOCCOCCOCCOCCOCCOCCOCCOCCOCCOO. The van der Waals surface area contributed by atoms with E-state index >= 15 is 0 Å². The van der Waals surface area contributed by atoms with Gasteiger partial charge in [0.1, 0.15) is 13.2 Å². The van der Waals surface area contributed by atoms with Crippen molar-refractivity contribution in [3.8, 4) is 11.1 Å². The summed E-state index contributed by atoms with van der Waals surface area (Å²) in [5.74, 6) is -0.174. The lowest BCUT2D eigenvalue weighted by Crippen LogP contribution is -2.42. The van der Waals surface area contributed by atoms with E-state index < -0.39 is 12.1 Å². The van der Waals surface area contributed by atoms with Crippen LogP contribution < -0.4 is 11.1 Å². The largest absolute Gasteiger partial charge is 0.449 e. The Morgan fingerprint density at radius 3 is 1.22 bits per heavy atom. The average Bonchev–Trinajstić information content (AvgIpc) is 3.62. The number of ketones is 1. The molecule has 0 saturated heterocycles. The van der Waals surface area contributed by atoms with E-state index in [0.717, 1.165) is 28.7 Å². The predicted molar refractivity (Wildman–Crippen MR) is 232 cm³/mol. The number of amides is 1. The van der Waals surface area contributed by atoms with Gasteiger partial charge in [0.05, 0.1) is 151 Å². The second kappa shape index (κ2) is 38.1. The summed E-state index contributed by atoms with van der Waals surface area (Å²) in [4.78, 5) is 29.9. The molecule has 1 amide bonds. The quantitative estimate of drug-likeness (QED) is 0.0492. The molecule has 0 heterocycles. The number of benzene rings is 2. The van der Waals surface area contributed by atoms with Gasteiger partial charge in [0.25, 0.3) is 0 Å². The maximum Gasteiger partial charge on any atom is 0.407 e. The molecule has 0 spiro atoms. The minimum absolute atomic E-state index is 0.0627. The molecule has 358 valence electrons. The molecule has 0 bridgehead atoms. The predicted octanol–water partition coefficient (Wildman–Crippen LogP) is 3.65. The first kappa shape index (κ1) is 54.2. The number of alkyl carbamates (subject to hydrolysis) is 1. The molecular formula is C45H72N2O16. The second-order valence-electron chi connectivity index (χ2n) is 14.1. The standard InChI is InChI=1S/C45H72N2O16/c46-13-6-5-11-43(47-45(49)62-37-42-40-9-3-1-7-38(40)39-8-2-4-10-41(39)42)44(48)12-14-51-15-16-52-17-18-53-19-20-54-21-22-55-23-24-56-25-26-57-27-28-58-29-30-59-31-32-60-33-34-61-35-36-63-50/h1-4,7-10,42-43,50H,5-6,11-37,46H2,(H,47,49)/t43-/m0/s1. The Morgan fingerprint density at radius 1 is 0.508 bits per heavy atom. The van der Waals surface area contributed by atoms with Crippen molar-refractivity contribution in [2.75, 3.05) is 165 Å². The van der Waals surface area contributed by atoms with Crippen molar-refractivity contribution in [1.29, 1.82) is 0 Å². The molecule has 18 heteroatoms. The molecule has 1 aliphatic carbocycles. The van der Waals surface area contributed by atoms with Gasteiger partial charge in [-0.15, -0.1) is 0 Å². The number of nitrogens with two attached hydrogens (primary N) is 1. The number of hydrogen-bond donors (Lipinski definition) is 3. The summed E-state index contributed by atoms with van der Waals surface area (Å²) >= 11 is 0. The summed E-state index contributed by atoms with van der Waals surface area (Å²) in [7, 11) is 0. The molecule has 0 aromatic heterocycles. The third kappa shape index (κ3) is 25.8. The van der Waals surface area contributed by atoms with Crippen LogP contribution in [0, 0.1) is 0 Å². The molecule has 3 rings (SSSR count). The molecule has 1 atom stereocenters. The van der Waals surface area contributed by atoms with Crippen molar-refractivity contribution >= 4 is 11.9 Å². The molecule has 0 unspecified atom stereocenters. The van der Waals surface area contributed by atoms with Gasteiger partial charge in [-0.2, -0.15) is 0 Å². The van der Waals surface area contributed by atoms with Crippen LogP contribution in [0.4, 0.5) is 4.79 Å². The lowest BCUT2D eigenvalue weighted by atomic mass is 9.98. The Bertz CT molecular complexity index is 1380. The first-order valence-corrected chi connectivity index (χ1v) is 22.1. The van der Waals surface area contributed by atoms with Crippen molar-refractivity contribution in [2.45, 2.75) is 37.6 Å². The van der Waals surface area contributed by atoms with Crippen LogP contribution in [0.25, 0.3) is 11.1 Å². The maximum atomic E-state index is 13.1. The van der Waals surface area contributed by atoms with Gasteiger partial charge in [-0.05, 0) is 48.1 Å². The Morgan fingerprint density at radius 2 is 0.857 bits per heavy atom. The minimum atomic E-state index is -0.676. The highest BCUT2D eigenvalue weighted by atomic mass is 17.1. The van der Waals surface area contributed by atoms with E-state index in [2.05, 4.69) is 34.5 Å². The van der Waals surface area contributed by atoms with E-state index in [1.54, 1.807) is 0 Å². The van der Waals surface area contributed by atoms with Gasteiger partial charge in [-0.3, -0.25) is 10.1 Å². The van der Waals surface area contributed by atoms with Gasteiger partial charge in [-0.25, -0.2) is 9.68 Å². The fourth-order valence-electron chi connectivity index (χ4n) is 6.33. The third-order valence-electron chi connectivity index (χ3n) is 9.50. The summed E-state index contributed by atoms with van der Waals surface area (Å²) in [6.45, 7) is 10.4. The van der Waals surface area contributed by atoms with Crippen LogP contribution in [-0.4, -0.2) is 188 Å². The molecular weight excluding hydrogens is 824 g/mol. The molecule has 2 aromatic rings. The molecule has 0 radical (unpaired) electrons. The molecule has 0 fully saturated rings. The molecule has 0 saturated carbocycles. The number of ether oxygens (including phenoxy) is 12. The number of fused-ring (bicyclic) bond motifs is 3. The maximum absolute atomic E-state index is 13.1. The van der Waals surface area contributed by atoms with E-state index in [1.807, 2.05) is 24.3 Å². The third-order valence-corrected chi connectivity index (χ3v) is 9.50. The van der Waals surface area contributed by atoms with E-state index in [1.165, 1.54) is 0 Å². The van der Waals surface area contributed by atoms with E-state index in [0.29, 0.717) is 158 Å². The van der Waals surface area contributed by atoms with Gasteiger partial charge < -0.3 is 67.9 Å². The van der Waals surface area contributed by atoms with Gasteiger partial charge in [0.2, 0.25) is 0 Å². The number of carbonyl (C=O) groups excluding carboxylic acids is 2. The fourth-order valence-corrected chi connectivity index (χ4v) is 6.33. The first-order valence-electron chi connectivity index (χ1n) is 22.1. The van der Waals surface area contributed by atoms with Crippen LogP contribution in [0.1, 0.15) is 42.7 Å². The van der Waals surface area contributed by atoms with Crippen molar-refractivity contribution in [1.82, 2.24) is 5.32 Å². The highest BCUT2D eigenvalue weighted by Gasteiger charge is 2.29. The first-order chi connectivity index (χ1) is 31.2. The zero-order chi connectivity index (χ0) is 44.7. The zero-order valence-corrected chi connectivity index (χ0v) is 36.9. The van der Waals surface area contributed by atoms with Crippen LogP contribution >= 0.6 is 0 Å². The van der Waals surface area contributed by atoms with Gasteiger partial charge in [-0.1, -0.05) is 48.5 Å². The van der Waals surface area contributed by atoms with Crippen molar-refractivity contribution < 1.29 is 76.6 Å². The molecule has 18 nitrogen and oxygen atoms in total. The number of unbranched alkanes of at least 4 members (excludes halogenated alkanes) is 1. The Hall–Kier alpha value is -3.18. The fraction of sp³-hybridized carbons (Fsp3) is 0.689. The summed E-state index contributed by atoms with van der Waals surface area (Å²) in [5.41, 5.74) is 10.2. The van der Waals surface area contributed by atoms with E-state index in [4.69, 9.17) is 67.8 Å². The smallest absolute Gasteiger partial charge is 0.407 e. The summed E-state index contributed by atoms with van der Waals surface area (Å²) in [6.07, 6.45) is 1.50. The van der Waals surface area contributed by atoms with Crippen LogP contribution in [0.15, 0.2) is 48.5 Å². The Labute approximate surface area is 372 Å². The number of carbonyl (C=O) groups is 2. The van der Waals surface area contributed by atoms with Crippen LogP contribution in [0.5, 0.6) is 0 Å². The van der Waals surface area contributed by atoms with Crippen molar-refractivity contribution in [2.24, 2.45) is 5.73 Å². The molecule has 2 aromatic carbocycles. The highest BCUT2D eigenvalue weighted by molar-refractivity contribution is 5.87. The van der Waals surface area contributed by atoms with Gasteiger partial charge in [0, 0.05) is 12.3 Å². The van der Waals surface area contributed by atoms with Gasteiger partial charge in [0.15, 0.2) is 5.78 Å². The normalized spacial score (nSPS) is 12.7. The summed E-state index contributed by atoms with van der Waals surface area (Å²) < 4.78 is 65.8. The minimum Gasteiger partial charge on any atom is -0.449 e. The van der Waals surface area contributed by atoms with Crippen molar-refractivity contribution in [3.63, 3.8) is 0 Å². The number of Topliss-reactive ketones (excluding diaryl/α,β-unsaturated/α-hetero) is 1. The van der Waals surface area contributed by atoms with E-state index in [9.17, 15) is 9.59 Å². The monoisotopic (exact) mass is 896 g/mol. The molecule has 0 aliphatic heterocycles. The van der Waals surface area contributed by atoms with Crippen LogP contribution in [0.3, 0.4) is 0 Å². The van der Waals surface area contributed by atoms with Crippen LogP contribution in [0.2, 0.25) is 0 Å². The number of rotatable bonds is 44. The molecule has 63 heavy (non-hydrogen) atoms. The second-order valence-corrected chi connectivity index (χ2v) is 14.1. The van der Waals surface area contributed by atoms with Crippen LogP contribution in [-0.2, 0) is 66.5 Å². The number of nitrogens with one attached hydrogen (secondary N) is 1. The molecule has 4 N–H and O–H groups in total. The molecule has 1 aliphatic rings.